The third kappa shape index (κ3) is 1.67. The normalized spacial score (nSPS) is 21.1. The molecule has 14 heavy (non-hydrogen) atoms. The van der Waals surface area contributed by atoms with Gasteiger partial charge in [0.2, 0.25) is 0 Å². The molecule has 2 rings (SSSR count). The van der Waals surface area contributed by atoms with Gasteiger partial charge in [0.15, 0.2) is 0 Å². The van der Waals surface area contributed by atoms with Crippen LogP contribution in [0.1, 0.15) is 36.4 Å². The average Bonchev–Trinajstić information content (AvgIpc) is 2.39. The Morgan fingerprint density at radius 1 is 1.36 bits per heavy atom. The van der Waals surface area contributed by atoms with Gasteiger partial charge in [-0.15, -0.1) is 0 Å². The maximum absolute atomic E-state index is 13.0. The zero-order valence-corrected chi connectivity index (χ0v) is 7.87. The number of hydrogen-bond acceptors (Lipinski definition) is 2. The van der Waals surface area contributed by atoms with E-state index >= 15 is 0 Å². The third-order valence-corrected chi connectivity index (χ3v) is 2.77. The minimum Gasteiger partial charge on any atom is -0.207 e. The number of nitrogens with zero attached hydrogens (tertiary/aromatic N) is 1. The van der Waals surface area contributed by atoms with Gasteiger partial charge in [-0.05, 0) is 42.5 Å². The van der Waals surface area contributed by atoms with E-state index in [1.54, 1.807) is 6.07 Å². The molecule has 2 nitrogen and oxygen atoms in total. The molecule has 0 heterocycles. The maximum Gasteiger partial charge on any atom is 0.123 e. The van der Waals surface area contributed by atoms with Crippen LogP contribution >= 0.6 is 0 Å². The molecule has 0 N–H and O–H groups in total. The number of halogens is 1. The van der Waals surface area contributed by atoms with Crippen LogP contribution in [0.5, 0.6) is 0 Å². The van der Waals surface area contributed by atoms with Crippen molar-refractivity contribution >= 4 is 0 Å². The second-order valence-electron chi connectivity index (χ2n) is 3.71. The highest BCUT2D eigenvalue weighted by Crippen LogP contribution is 2.31. The molecule has 0 saturated carbocycles. The fraction of sp³-hybridized carbons (Fsp3) is 0.455. The lowest BCUT2D eigenvalue weighted by molar-refractivity contribution is 0.599. The molecule has 74 valence electrons. The summed E-state index contributed by atoms with van der Waals surface area (Å²) in [5.41, 5.74) is 1.87. The molecule has 1 aromatic rings. The number of aryl methyl sites for hydroxylation is 1. The van der Waals surface area contributed by atoms with Crippen molar-refractivity contribution in [3.8, 4) is 0 Å². The van der Waals surface area contributed by atoms with Crippen molar-refractivity contribution in [2.45, 2.75) is 31.7 Å². The lowest BCUT2D eigenvalue weighted by Gasteiger charge is -2.09. The van der Waals surface area contributed by atoms with Gasteiger partial charge in [-0.1, -0.05) is 17.7 Å². The van der Waals surface area contributed by atoms with E-state index in [2.05, 4.69) is 5.18 Å². The molecule has 0 radical (unpaired) electrons. The molecule has 1 atom stereocenters. The lowest BCUT2D eigenvalue weighted by Crippen LogP contribution is -1.97. The summed E-state index contributed by atoms with van der Waals surface area (Å²) < 4.78 is 13.0. The molecule has 0 saturated heterocycles. The Hall–Kier alpha value is -1.25. The Labute approximate surface area is 82.1 Å². The van der Waals surface area contributed by atoms with Crippen molar-refractivity contribution in [2.75, 3.05) is 0 Å². The summed E-state index contributed by atoms with van der Waals surface area (Å²) >= 11 is 0. The molecule has 0 aliphatic heterocycles. The predicted octanol–water partition coefficient (Wildman–Crippen LogP) is 3.36. The second-order valence-corrected chi connectivity index (χ2v) is 3.71. The largest absolute Gasteiger partial charge is 0.207 e. The molecule has 0 spiro atoms. The first-order valence-electron chi connectivity index (χ1n) is 4.92. The molecule has 0 fully saturated rings. The minimum atomic E-state index is -0.344. The van der Waals surface area contributed by atoms with Gasteiger partial charge in [-0.3, -0.25) is 0 Å². The first-order chi connectivity index (χ1) is 6.81. The summed E-state index contributed by atoms with van der Waals surface area (Å²) in [7, 11) is 0. The molecule has 0 bridgehead atoms. The summed E-state index contributed by atoms with van der Waals surface area (Å²) in [5, 5.41) is 3.07. The average molecular weight is 193 g/mol. The summed E-state index contributed by atoms with van der Waals surface area (Å²) in [6.07, 6.45) is 3.74. The van der Waals surface area contributed by atoms with E-state index in [1.807, 2.05) is 0 Å². The Balaban J connectivity index is 2.45. The van der Waals surface area contributed by atoms with Gasteiger partial charge < -0.3 is 0 Å². The highest BCUT2D eigenvalue weighted by atomic mass is 19.1. The lowest BCUT2D eigenvalue weighted by atomic mass is 10.00. The number of benzene rings is 1. The van der Waals surface area contributed by atoms with Crippen LogP contribution in [0, 0.1) is 10.7 Å². The van der Waals surface area contributed by atoms with Crippen molar-refractivity contribution in [1.82, 2.24) is 0 Å². The second kappa shape index (κ2) is 3.86. The van der Waals surface area contributed by atoms with Gasteiger partial charge in [0.1, 0.15) is 11.9 Å². The third-order valence-electron chi connectivity index (χ3n) is 2.77. The fourth-order valence-corrected chi connectivity index (χ4v) is 2.02. The van der Waals surface area contributed by atoms with Crippen LogP contribution in [0.2, 0.25) is 0 Å². The van der Waals surface area contributed by atoms with Crippen LogP contribution in [0.4, 0.5) is 4.39 Å². The molecule has 1 aromatic carbocycles. The van der Waals surface area contributed by atoms with Crippen molar-refractivity contribution in [3.63, 3.8) is 0 Å². The van der Waals surface area contributed by atoms with Gasteiger partial charge >= 0.3 is 0 Å². The van der Waals surface area contributed by atoms with Crippen molar-refractivity contribution in [3.05, 3.63) is 40.1 Å². The molecule has 1 unspecified atom stereocenters. The van der Waals surface area contributed by atoms with E-state index in [9.17, 15) is 9.30 Å². The maximum atomic E-state index is 13.0. The van der Waals surface area contributed by atoms with Crippen LogP contribution in [-0.2, 0) is 6.42 Å². The molecular formula is C11H12FNO. The smallest absolute Gasteiger partial charge is 0.123 e. The standard InChI is InChI=1S/C11H12FNO/c12-9-6-5-8-3-1-2-4-11(13-14)10(8)7-9/h5-7,11H,1-4H2. The Kier molecular flexibility index (Phi) is 2.57. The summed E-state index contributed by atoms with van der Waals surface area (Å²) in [6, 6.07) is 4.33. The molecule has 0 aromatic heterocycles. The van der Waals surface area contributed by atoms with Crippen molar-refractivity contribution in [1.29, 1.82) is 0 Å². The van der Waals surface area contributed by atoms with E-state index in [1.165, 1.54) is 12.1 Å². The Morgan fingerprint density at radius 2 is 2.21 bits per heavy atom. The van der Waals surface area contributed by atoms with E-state index in [0.29, 0.717) is 0 Å². The number of rotatable bonds is 1. The topological polar surface area (TPSA) is 29.4 Å². The minimum absolute atomic E-state index is 0.278. The van der Waals surface area contributed by atoms with Crippen molar-refractivity contribution in [2.24, 2.45) is 5.18 Å². The van der Waals surface area contributed by atoms with Gasteiger partial charge in [0.05, 0.1) is 0 Å². The molecule has 0 amide bonds. The van der Waals surface area contributed by atoms with Gasteiger partial charge in [-0.25, -0.2) is 4.39 Å². The first kappa shape index (κ1) is 9.31. The van der Waals surface area contributed by atoms with E-state index in [0.717, 1.165) is 36.8 Å². The van der Waals surface area contributed by atoms with Gasteiger partial charge in [-0.2, -0.15) is 4.91 Å². The highest BCUT2D eigenvalue weighted by Gasteiger charge is 2.19. The summed E-state index contributed by atoms with van der Waals surface area (Å²) in [4.78, 5) is 10.6. The van der Waals surface area contributed by atoms with Crippen LogP contribution in [-0.4, -0.2) is 0 Å². The summed E-state index contributed by atoms with van der Waals surface area (Å²) in [5.74, 6) is -0.278. The van der Waals surface area contributed by atoms with Crippen LogP contribution in [0.3, 0.4) is 0 Å². The Bertz CT molecular complexity index is 351. The molecule has 3 heteroatoms. The SMILES string of the molecule is O=NC1CCCCc2ccc(F)cc21. The molecular weight excluding hydrogens is 181 g/mol. The fourth-order valence-electron chi connectivity index (χ4n) is 2.02. The number of fused-ring (bicyclic) bond motifs is 1. The van der Waals surface area contributed by atoms with Gasteiger partial charge in [0, 0.05) is 0 Å². The zero-order valence-electron chi connectivity index (χ0n) is 7.87. The van der Waals surface area contributed by atoms with Gasteiger partial charge in [0.25, 0.3) is 0 Å². The first-order valence-corrected chi connectivity index (χ1v) is 4.92. The molecule has 1 aliphatic carbocycles. The van der Waals surface area contributed by atoms with Crippen LogP contribution in [0.15, 0.2) is 23.4 Å². The summed E-state index contributed by atoms with van der Waals surface area (Å²) in [6.45, 7) is 0. The number of hydrogen-bond donors (Lipinski definition) is 0. The van der Waals surface area contributed by atoms with E-state index < -0.39 is 0 Å². The van der Waals surface area contributed by atoms with E-state index in [-0.39, 0.29) is 11.9 Å². The zero-order chi connectivity index (χ0) is 9.97. The van der Waals surface area contributed by atoms with Crippen LogP contribution < -0.4 is 0 Å². The predicted molar refractivity (Wildman–Crippen MR) is 52.5 cm³/mol. The van der Waals surface area contributed by atoms with Crippen molar-refractivity contribution < 1.29 is 4.39 Å². The number of nitroso groups, excluding NO2 is 1. The highest BCUT2D eigenvalue weighted by molar-refractivity contribution is 5.31. The van der Waals surface area contributed by atoms with Crippen LogP contribution in [0.25, 0.3) is 0 Å². The van der Waals surface area contributed by atoms with E-state index in [4.69, 9.17) is 0 Å². The monoisotopic (exact) mass is 193 g/mol. The quantitative estimate of drug-likeness (QED) is 0.496. The molecule has 1 aliphatic rings. The Morgan fingerprint density at radius 3 is 3.00 bits per heavy atom.